The van der Waals surface area contributed by atoms with E-state index < -0.39 is 74.1 Å². The second kappa shape index (κ2) is 8.00. The largest absolute Gasteiger partial charge is 0.457 e. The van der Waals surface area contributed by atoms with Crippen molar-refractivity contribution in [3.05, 3.63) is 64.8 Å². The first-order chi connectivity index (χ1) is 12.8. The van der Waals surface area contributed by atoms with Crippen LogP contribution in [0.3, 0.4) is 0 Å². The Bertz CT molecular complexity index is 917. The molecule has 0 heterocycles. The molecule has 1 unspecified atom stereocenters. The first-order valence-electron chi connectivity index (χ1n) is 7.64. The molecule has 0 radical (unpaired) electrons. The third kappa shape index (κ3) is 4.96. The van der Waals surface area contributed by atoms with Crippen LogP contribution in [0.4, 0.5) is 26.3 Å². The highest BCUT2D eigenvalue weighted by atomic mass is 32.2. The molecule has 2 rings (SSSR count). The first kappa shape index (κ1) is 22.0. The average Bonchev–Trinajstić information content (AvgIpc) is 2.58. The summed E-state index contributed by atoms with van der Waals surface area (Å²) >= 11 is 0. The molecule has 1 aromatic carbocycles. The highest BCUT2D eigenvalue weighted by Gasteiger charge is 2.43. The van der Waals surface area contributed by atoms with Crippen molar-refractivity contribution >= 4 is 9.84 Å². The molecule has 1 N–H and O–H groups in total. The van der Waals surface area contributed by atoms with Crippen molar-refractivity contribution in [2.75, 3.05) is 0 Å². The Hall–Kier alpha value is -2.27. The van der Waals surface area contributed by atoms with Crippen LogP contribution >= 0.6 is 0 Å². The zero-order valence-corrected chi connectivity index (χ0v) is 14.8. The minimum atomic E-state index is -5.28. The van der Waals surface area contributed by atoms with Gasteiger partial charge in [0.15, 0.2) is 0 Å². The van der Waals surface area contributed by atoms with Gasteiger partial charge in [-0.3, -0.25) is 0 Å². The van der Waals surface area contributed by atoms with E-state index in [1.807, 2.05) is 0 Å². The van der Waals surface area contributed by atoms with Crippen LogP contribution in [-0.4, -0.2) is 31.3 Å². The Labute approximate surface area is 156 Å². The van der Waals surface area contributed by atoms with Crippen molar-refractivity contribution in [2.24, 2.45) is 0 Å². The molecule has 0 amide bonds. The number of aliphatic hydroxyl groups excluding tert-OH is 1. The summed E-state index contributed by atoms with van der Waals surface area (Å²) in [6.07, 6.45) is -3.76. The van der Waals surface area contributed by atoms with Gasteiger partial charge >= 0.3 is 5.76 Å². The lowest BCUT2D eigenvalue weighted by Gasteiger charge is -2.24. The van der Waals surface area contributed by atoms with Gasteiger partial charge in [-0.2, -0.15) is 8.78 Å². The molecule has 0 fully saturated rings. The van der Waals surface area contributed by atoms with Crippen LogP contribution in [0.2, 0.25) is 0 Å². The first-order valence-corrected chi connectivity index (χ1v) is 9.18. The number of aliphatic hydroxyl groups is 1. The standard InChI is InChI=1S/C17H14F6O4S/c1-9-8-17(22,23)15(24)7-13(28(25,26)16(20)21)2-3-14(9)27-12-5-10(18)4-11(19)6-12/h2-6,15-16,24H,1,7-8H2/b13-2+,14-3+. The molecule has 11 heteroatoms. The highest BCUT2D eigenvalue weighted by Crippen LogP contribution is 2.36. The van der Waals surface area contributed by atoms with E-state index in [0.29, 0.717) is 12.1 Å². The Kier molecular flexibility index (Phi) is 6.29. The highest BCUT2D eigenvalue weighted by molar-refractivity contribution is 7.95. The molecule has 1 aromatic rings. The van der Waals surface area contributed by atoms with Crippen LogP contribution < -0.4 is 4.74 Å². The zero-order chi connectivity index (χ0) is 21.3. The number of hydrogen-bond acceptors (Lipinski definition) is 4. The lowest BCUT2D eigenvalue weighted by molar-refractivity contribution is -0.105. The van der Waals surface area contributed by atoms with Gasteiger partial charge in [-0.1, -0.05) is 6.58 Å². The summed E-state index contributed by atoms with van der Waals surface area (Å²) in [5.41, 5.74) is -0.458. The van der Waals surface area contributed by atoms with Crippen molar-refractivity contribution < 1.29 is 44.6 Å². The maximum Gasteiger partial charge on any atom is 0.340 e. The van der Waals surface area contributed by atoms with E-state index in [-0.39, 0.29) is 0 Å². The van der Waals surface area contributed by atoms with Gasteiger partial charge < -0.3 is 9.84 Å². The number of alkyl halides is 4. The molecular weight excluding hydrogens is 414 g/mol. The Morgan fingerprint density at radius 1 is 1.14 bits per heavy atom. The lowest BCUT2D eigenvalue weighted by atomic mass is 10.0. The van der Waals surface area contributed by atoms with Gasteiger partial charge in [-0.05, 0) is 17.7 Å². The van der Waals surface area contributed by atoms with Gasteiger partial charge in [0.2, 0.25) is 9.84 Å². The fourth-order valence-electron chi connectivity index (χ4n) is 2.33. The second-order valence-corrected chi connectivity index (χ2v) is 7.91. The predicted octanol–water partition coefficient (Wildman–Crippen LogP) is 4.10. The van der Waals surface area contributed by atoms with Gasteiger partial charge in [0, 0.05) is 31.0 Å². The van der Waals surface area contributed by atoms with Crippen molar-refractivity contribution in [3.63, 3.8) is 0 Å². The molecule has 4 nitrogen and oxygen atoms in total. The van der Waals surface area contributed by atoms with E-state index >= 15 is 0 Å². The van der Waals surface area contributed by atoms with Gasteiger partial charge in [0.25, 0.3) is 5.92 Å². The molecular formula is C17H14F6O4S. The zero-order valence-electron chi connectivity index (χ0n) is 14.0. The molecule has 0 aromatic heterocycles. The molecule has 154 valence electrons. The van der Waals surface area contributed by atoms with E-state index in [0.717, 1.165) is 18.2 Å². The third-order valence-corrected chi connectivity index (χ3v) is 5.27. The summed E-state index contributed by atoms with van der Waals surface area (Å²) in [4.78, 5) is -1.16. The van der Waals surface area contributed by atoms with Crippen LogP contribution in [0.5, 0.6) is 5.75 Å². The Morgan fingerprint density at radius 3 is 2.25 bits per heavy atom. The van der Waals surface area contributed by atoms with E-state index in [9.17, 15) is 39.9 Å². The number of benzene rings is 1. The van der Waals surface area contributed by atoms with Crippen LogP contribution in [0.25, 0.3) is 0 Å². The lowest BCUT2D eigenvalue weighted by Crippen LogP contribution is -2.35. The minimum absolute atomic E-state index is 0.458. The molecule has 0 bridgehead atoms. The quantitative estimate of drug-likeness (QED) is 0.734. The van der Waals surface area contributed by atoms with Gasteiger partial charge in [-0.15, -0.1) is 0 Å². The fraction of sp³-hybridized carbons (Fsp3) is 0.294. The van der Waals surface area contributed by atoms with E-state index in [2.05, 4.69) is 6.58 Å². The number of sulfone groups is 1. The van der Waals surface area contributed by atoms with Crippen molar-refractivity contribution in [1.82, 2.24) is 0 Å². The van der Waals surface area contributed by atoms with Gasteiger partial charge in [0.1, 0.15) is 29.2 Å². The summed E-state index contributed by atoms with van der Waals surface area (Å²) in [6.45, 7) is 3.33. The predicted molar refractivity (Wildman–Crippen MR) is 87.4 cm³/mol. The molecule has 1 aliphatic carbocycles. The SMILES string of the molecule is C=C1CC(F)(F)C(O)C/C(S(=O)(=O)C(F)F)=C\C=C/1Oc1cc(F)cc(F)c1. The van der Waals surface area contributed by atoms with E-state index in [4.69, 9.17) is 4.74 Å². The normalized spacial score (nSPS) is 24.4. The van der Waals surface area contributed by atoms with Gasteiger partial charge in [-0.25, -0.2) is 26.0 Å². The number of allylic oxidation sites excluding steroid dienone is 3. The van der Waals surface area contributed by atoms with Crippen LogP contribution in [0, 0.1) is 11.6 Å². The minimum Gasteiger partial charge on any atom is -0.457 e. The third-order valence-electron chi connectivity index (χ3n) is 3.76. The monoisotopic (exact) mass is 428 g/mol. The van der Waals surface area contributed by atoms with Gasteiger partial charge in [0.05, 0.1) is 4.91 Å². The maximum atomic E-state index is 14.1. The number of halogens is 6. The molecule has 0 spiro atoms. The topological polar surface area (TPSA) is 63.6 Å². The second-order valence-electron chi connectivity index (χ2n) is 5.94. The molecule has 0 aliphatic heterocycles. The van der Waals surface area contributed by atoms with Crippen molar-refractivity contribution in [1.29, 1.82) is 0 Å². The molecule has 0 saturated carbocycles. The summed E-state index contributed by atoms with van der Waals surface area (Å²) < 4.78 is 109. The Morgan fingerprint density at radius 2 is 1.71 bits per heavy atom. The van der Waals surface area contributed by atoms with E-state index in [1.54, 1.807) is 0 Å². The van der Waals surface area contributed by atoms with Crippen LogP contribution in [-0.2, 0) is 9.84 Å². The molecule has 28 heavy (non-hydrogen) atoms. The molecule has 1 atom stereocenters. The number of ether oxygens (including phenoxy) is 1. The number of rotatable bonds is 4. The number of hydrogen-bond donors (Lipinski definition) is 1. The fourth-order valence-corrected chi connectivity index (χ4v) is 3.21. The van der Waals surface area contributed by atoms with Crippen molar-refractivity contribution in [3.8, 4) is 5.75 Å². The van der Waals surface area contributed by atoms with E-state index in [1.165, 1.54) is 0 Å². The smallest absolute Gasteiger partial charge is 0.340 e. The summed E-state index contributed by atoms with van der Waals surface area (Å²) in [5.74, 6) is -10.9. The summed E-state index contributed by atoms with van der Waals surface area (Å²) in [6, 6.07) is 1.96. The molecule has 0 saturated heterocycles. The van der Waals surface area contributed by atoms with Crippen molar-refractivity contribution in [2.45, 2.75) is 30.6 Å². The summed E-state index contributed by atoms with van der Waals surface area (Å²) in [7, 11) is -5.28. The van der Waals surface area contributed by atoms with Crippen LogP contribution in [0.15, 0.2) is 53.2 Å². The Balaban J connectivity index is 2.54. The maximum absolute atomic E-state index is 14.1. The molecule has 1 aliphatic rings. The summed E-state index contributed by atoms with van der Waals surface area (Å²) in [5, 5.41) is 9.64. The average molecular weight is 428 g/mol. The van der Waals surface area contributed by atoms with Crippen LogP contribution in [0.1, 0.15) is 12.8 Å².